The summed E-state index contributed by atoms with van der Waals surface area (Å²) in [7, 11) is 4.37. The summed E-state index contributed by atoms with van der Waals surface area (Å²) in [4.78, 5) is 31.9. The monoisotopic (exact) mass is 1570 g/mol. The van der Waals surface area contributed by atoms with Crippen LogP contribution in [0.15, 0.2) is 166 Å². The van der Waals surface area contributed by atoms with Crippen LogP contribution in [0.1, 0.15) is 289 Å². The fourth-order valence-electron chi connectivity index (χ4n) is 12.7. The normalized spacial score (nSPS) is 15.4. The summed E-state index contributed by atoms with van der Waals surface area (Å²) < 4.78 is 0. The third kappa shape index (κ3) is 26.7. The molecule has 2 aromatic heterocycles. The predicted molar refractivity (Wildman–Crippen MR) is 444 cm³/mol. The number of nitriles is 1. The van der Waals surface area contributed by atoms with E-state index in [1.54, 1.807) is 30.9 Å². The van der Waals surface area contributed by atoms with Gasteiger partial charge >= 0.3 is 39.0 Å². The zero-order valence-corrected chi connectivity index (χ0v) is 77.1. The summed E-state index contributed by atoms with van der Waals surface area (Å²) in [5.74, 6) is -0.0188. The van der Waals surface area contributed by atoms with E-state index in [2.05, 4.69) is 212 Å². The third-order valence-corrected chi connectivity index (χ3v) is 19.5. The van der Waals surface area contributed by atoms with E-state index in [9.17, 15) is 20.4 Å². The van der Waals surface area contributed by atoms with Crippen molar-refractivity contribution in [2.24, 2.45) is 20.0 Å². The van der Waals surface area contributed by atoms with Crippen molar-refractivity contribution in [3.63, 3.8) is 0 Å². The summed E-state index contributed by atoms with van der Waals surface area (Å²) in [5.41, 5.74) is 13.4. The molecule has 6 aromatic carbocycles. The van der Waals surface area contributed by atoms with Crippen molar-refractivity contribution in [1.29, 1.82) is 5.26 Å². The SMILES string of the molecule is CC#N.CC(C)(C)c1cc(C=Nc2ccccc2N=Cc2cc(C(C)(C)C)cc(C(C)(C)C)c2[O-])c([O-])c(C(C)(C)C)c1.CC(C)(C)c1cc(C=Nc2ccccc2N=Cc2cc(C(C)(C)C)cc(C(C)(C)C)c2[O-])c([O-])c(C(C)(C)C)c1.CN1CCC[C@@H]1c1cccnc1.CN1CCC[C@@H]1c1cccnc1.[Zn+2].[Zn+2]. The number of likely N-dealkylation sites (tertiary alicyclic amines) is 2. The van der Waals surface area contributed by atoms with Crippen LogP contribution in [0.3, 0.4) is 0 Å². The number of hydrogen-bond acceptors (Lipinski definition) is 13. The van der Waals surface area contributed by atoms with Crippen molar-refractivity contribution >= 4 is 47.6 Å². The number of para-hydroxylation sites is 4. The second-order valence-corrected chi connectivity index (χ2v) is 36.9. The Kier molecular flexibility index (Phi) is 33.4. The van der Waals surface area contributed by atoms with Crippen LogP contribution in [0.2, 0.25) is 0 Å². The molecule has 0 unspecified atom stereocenters. The molecule has 10 rings (SSSR count). The van der Waals surface area contributed by atoms with Crippen LogP contribution < -0.4 is 20.4 Å². The topological polar surface area (TPSA) is 198 Å². The van der Waals surface area contributed by atoms with Gasteiger partial charge in [0.05, 0.1) is 28.8 Å². The first kappa shape index (κ1) is 93.5. The maximum absolute atomic E-state index is 13.4. The Morgan fingerprint density at radius 3 is 0.752 bits per heavy atom. The minimum absolute atomic E-state index is 0. The van der Waals surface area contributed by atoms with Gasteiger partial charge in [-0.2, -0.15) is 5.26 Å². The molecule has 0 N–H and O–H groups in total. The maximum atomic E-state index is 13.4. The van der Waals surface area contributed by atoms with Crippen molar-refractivity contribution in [3.8, 4) is 29.1 Å². The second kappa shape index (κ2) is 38.9. The largest absolute Gasteiger partial charge is 2.00 e. The van der Waals surface area contributed by atoms with Gasteiger partial charge in [0.15, 0.2) is 0 Å². The van der Waals surface area contributed by atoms with Crippen molar-refractivity contribution in [2.75, 3.05) is 27.2 Å². The molecule has 0 bridgehead atoms. The van der Waals surface area contributed by atoms with Gasteiger partial charge in [-0.3, -0.25) is 39.7 Å². The summed E-state index contributed by atoms with van der Waals surface area (Å²) in [6.07, 6.45) is 19.4. The van der Waals surface area contributed by atoms with E-state index in [-0.39, 0.29) is 105 Å². The van der Waals surface area contributed by atoms with Gasteiger partial charge in [-0.1, -0.05) is 274 Å². The van der Waals surface area contributed by atoms with Gasteiger partial charge in [-0.05, 0) is 210 Å². The quantitative estimate of drug-likeness (QED) is 0.0944. The number of pyridine rings is 2. The van der Waals surface area contributed by atoms with E-state index in [1.807, 2.05) is 134 Å². The van der Waals surface area contributed by atoms with Crippen molar-refractivity contribution in [3.05, 3.63) is 224 Å². The molecule has 2 fully saturated rings. The predicted octanol–water partition coefficient (Wildman–Crippen LogP) is 21.3. The van der Waals surface area contributed by atoms with E-state index >= 15 is 0 Å². The number of nitrogens with zero attached hydrogens (tertiary/aromatic N) is 9. The molecule has 109 heavy (non-hydrogen) atoms. The van der Waals surface area contributed by atoms with E-state index < -0.39 is 0 Å². The molecule has 0 spiro atoms. The summed E-state index contributed by atoms with van der Waals surface area (Å²) in [6, 6.07) is 42.3. The molecule has 0 saturated carbocycles. The Bertz CT molecular complexity index is 3940. The first-order chi connectivity index (χ1) is 49.6. The van der Waals surface area contributed by atoms with E-state index in [0.29, 0.717) is 57.1 Å². The smallest absolute Gasteiger partial charge is 0.872 e. The number of rotatable bonds is 10. The van der Waals surface area contributed by atoms with Gasteiger partial charge in [0.1, 0.15) is 0 Å². The molecule has 13 nitrogen and oxygen atoms in total. The molecule has 0 amide bonds. The van der Waals surface area contributed by atoms with Crippen LogP contribution in [0.5, 0.6) is 23.0 Å². The Hall–Kier alpha value is -7.84. The van der Waals surface area contributed by atoms with E-state index in [4.69, 9.17) is 25.2 Å². The molecule has 0 radical (unpaired) electrons. The van der Waals surface area contributed by atoms with E-state index in [1.165, 1.54) is 56.8 Å². The van der Waals surface area contributed by atoms with Crippen LogP contribution in [-0.4, -0.2) is 71.8 Å². The Balaban J connectivity index is 0.000000337. The second-order valence-electron chi connectivity index (χ2n) is 36.9. The standard InChI is InChI=1S/2C36H48N2O2.2C10H14N2.C2H3N.2Zn/c2*1-33(2,3)25-17-23(31(39)27(19-25)35(7,8)9)21-37-29-15-13-14-16-30(29)38-22-24-18-26(34(4,5)6)20-28(32(24)40)36(10,11)12;2*1-12-7-3-5-10(12)9-4-2-6-11-8-9;1-2-3;;/h2*13-22,39-40H,1-12H3;2*2,4,6,8,10H,3,5,7H2,1H3;1H3;;/q;;;;;2*+2/p-4/t;;2*10-;;;/m..11.../s1. The molecule has 2 aliphatic rings. The summed E-state index contributed by atoms with van der Waals surface area (Å²) in [5, 5.41) is 61.0. The van der Waals surface area contributed by atoms with Gasteiger partial charge in [0, 0.05) is 68.7 Å². The molecule has 4 heterocycles. The van der Waals surface area contributed by atoms with Crippen LogP contribution in [0, 0.1) is 11.3 Å². The Morgan fingerprint density at radius 2 is 0.587 bits per heavy atom. The van der Waals surface area contributed by atoms with Gasteiger partial charge in [0.2, 0.25) is 0 Å². The van der Waals surface area contributed by atoms with Crippen LogP contribution in [0.25, 0.3) is 0 Å². The third-order valence-electron chi connectivity index (χ3n) is 19.5. The molecular weight excluding hydrogens is 1450 g/mol. The van der Waals surface area contributed by atoms with Crippen LogP contribution >= 0.6 is 0 Å². The van der Waals surface area contributed by atoms with Gasteiger partial charge < -0.3 is 20.4 Å². The van der Waals surface area contributed by atoms with Crippen molar-refractivity contribution in [2.45, 2.75) is 254 Å². The molecule has 2 atom stereocenters. The van der Waals surface area contributed by atoms with Crippen molar-refractivity contribution in [1.82, 2.24) is 19.8 Å². The Morgan fingerprint density at radius 1 is 0.367 bits per heavy atom. The van der Waals surface area contributed by atoms with Crippen LogP contribution in [0.4, 0.5) is 22.7 Å². The molecule has 0 aliphatic carbocycles. The first-order valence-corrected chi connectivity index (χ1v) is 37.9. The number of aliphatic imine (C=N–C) groups is 4. The maximum Gasteiger partial charge on any atom is 2.00 e. The minimum atomic E-state index is -0.285. The molecule has 15 heteroatoms. The first-order valence-electron chi connectivity index (χ1n) is 37.9. The molecule has 8 aromatic rings. The summed E-state index contributed by atoms with van der Waals surface area (Å²) >= 11 is 0. The molecule has 2 saturated heterocycles. The van der Waals surface area contributed by atoms with Crippen LogP contribution in [-0.2, 0) is 82.3 Å². The fraction of sp³-hybridized carbons (Fsp3) is 0.457. The zero-order valence-electron chi connectivity index (χ0n) is 71.1. The summed E-state index contributed by atoms with van der Waals surface area (Å²) in [6.45, 7) is 54.4. The minimum Gasteiger partial charge on any atom is -0.872 e. The number of hydrogen-bond donors (Lipinski definition) is 0. The van der Waals surface area contributed by atoms with Gasteiger partial charge in [-0.25, -0.2) is 0 Å². The number of aromatic nitrogens is 2. The average Bonchev–Trinajstić information content (AvgIpc) is 1.50. The number of benzene rings is 6. The van der Waals surface area contributed by atoms with Gasteiger partial charge in [0.25, 0.3) is 0 Å². The van der Waals surface area contributed by atoms with E-state index in [0.717, 1.165) is 44.5 Å². The van der Waals surface area contributed by atoms with Crippen molar-refractivity contribution < 1.29 is 59.4 Å². The zero-order chi connectivity index (χ0) is 80.0. The molecular formula is C94H123N9O4Zn2. The fourth-order valence-corrected chi connectivity index (χ4v) is 12.7. The average molecular weight is 1570 g/mol. The van der Waals surface area contributed by atoms with Gasteiger partial charge in [-0.15, -0.1) is 0 Å². The Labute approximate surface area is 681 Å². The molecule has 572 valence electrons. The molecule has 2 aliphatic heterocycles.